The molecule has 0 radical (unpaired) electrons. The average molecular weight is 396 g/mol. The first-order valence-electron chi connectivity index (χ1n) is 8.55. The largest absolute Gasteiger partial charge is 0.399 e. The predicted molar refractivity (Wildman–Crippen MR) is 115 cm³/mol. The van der Waals surface area contributed by atoms with E-state index in [1.165, 1.54) is 11.3 Å². The lowest BCUT2D eigenvalue weighted by molar-refractivity contribution is -0.116. The number of carbonyl (C=O) groups is 1. The van der Waals surface area contributed by atoms with Crippen molar-refractivity contribution in [2.75, 3.05) is 22.5 Å². The van der Waals surface area contributed by atoms with Gasteiger partial charge in [-0.25, -0.2) is 0 Å². The molecule has 3 N–H and O–H groups in total. The number of fused-ring (bicyclic) bond motifs is 1. The second-order valence-corrected chi connectivity index (χ2v) is 6.58. The van der Waals surface area contributed by atoms with Crippen molar-refractivity contribution in [3.05, 3.63) is 53.6 Å². The Morgan fingerprint density at radius 3 is 2.73 bits per heavy atom. The van der Waals surface area contributed by atoms with Crippen molar-refractivity contribution in [2.45, 2.75) is 39.2 Å². The molecule has 2 aromatic rings. The molecule has 1 atom stereocenters. The topological polar surface area (TPSA) is 58.4 Å². The van der Waals surface area contributed by atoms with Gasteiger partial charge in [0.2, 0.25) is 5.91 Å². The van der Waals surface area contributed by atoms with E-state index in [9.17, 15) is 4.79 Å². The van der Waals surface area contributed by atoms with E-state index < -0.39 is 0 Å². The SMILES string of the molecule is Cc1ccc(N)cc1NC(=O)CCN1c2ccccc2CCC1C.Cl.Cl. The Morgan fingerprint density at radius 1 is 1.23 bits per heavy atom. The van der Waals surface area contributed by atoms with Gasteiger partial charge in [-0.15, -0.1) is 24.8 Å². The van der Waals surface area contributed by atoms with Crippen LogP contribution in [-0.2, 0) is 11.2 Å². The predicted octanol–water partition coefficient (Wildman–Crippen LogP) is 4.59. The minimum Gasteiger partial charge on any atom is -0.399 e. The van der Waals surface area contributed by atoms with Crippen LogP contribution < -0.4 is 16.0 Å². The van der Waals surface area contributed by atoms with Crippen molar-refractivity contribution < 1.29 is 4.79 Å². The Morgan fingerprint density at radius 2 is 1.96 bits per heavy atom. The molecule has 0 saturated carbocycles. The van der Waals surface area contributed by atoms with Gasteiger partial charge in [-0.3, -0.25) is 4.79 Å². The third-order valence-corrected chi connectivity index (χ3v) is 4.78. The molecule has 1 heterocycles. The highest BCUT2D eigenvalue weighted by Gasteiger charge is 2.22. The summed E-state index contributed by atoms with van der Waals surface area (Å²) in [6.45, 7) is 4.93. The Hall–Kier alpha value is -1.91. The number of aryl methyl sites for hydroxylation is 2. The zero-order valence-electron chi connectivity index (χ0n) is 15.2. The number of nitrogen functional groups attached to an aromatic ring is 1. The molecule has 3 rings (SSSR count). The minimum atomic E-state index is 0. The van der Waals surface area contributed by atoms with Crippen LogP contribution in [-0.4, -0.2) is 18.5 Å². The number of nitrogens with zero attached hydrogens (tertiary/aromatic N) is 1. The van der Waals surface area contributed by atoms with Gasteiger partial charge < -0.3 is 16.0 Å². The van der Waals surface area contributed by atoms with Gasteiger partial charge in [-0.05, 0) is 56.0 Å². The second-order valence-electron chi connectivity index (χ2n) is 6.58. The van der Waals surface area contributed by atoms with Crippen LogP contribution in [0.5, 0.6) is 0 Å². The van der Waals surface area contributed by atoms with Gasteiger partial charge >= 0.3 is 0 Å². The first kappa shape index (κ1) is 22.1. The number of benzene rings is 2. The molecule has 1 unspecified atom stereocenters. The number of rotatable bonds is 4. The zero-order chi connectivity index (χ0) is 17.1. The van der Waals surface area contributed by atoms with E-state index >= 15 is 0 Å². The van der Waals surface area contributed by atoms with E-state index in [4.69, 9.17) is 5.73 Å². The number of nitrogens with one attached hydrogen (secondary N) is 1. The highest BCUT2D eigenvalue weighted by Crippen LogP contribution is 2.30. The molecule has 0 saturated heterocycles. The van der Waals surface area contributed by atoms with Crippen molar-refractivity contribution in [2.24, 2.45) is 0 Å². The molecule has 1 amide bonds. The molecule has 1 aliphatic heterocycles. The van der Waals surface area contributed by atoms with Gasteiger partial charge in [0.1, 0.15) is 0 Å². The summed E-state index contributed by atoms with van der Waals surface area (Å²) in [4.78, 5) is 14.7. The van der Waals surface area contributed by atoms with Crippen LogP contribution in [0.3, 0.4) is 0 Å². The van der Waals surface area contributed by atoms with Crippen molar-refractivity contribution in [1.82, 2.24) is 0 Å². The van der Waals surface area contributed by atoms with E-state index in [-0.39, 0.29) is 30.7 Å². The Bertz CT molecular complexity index is 752. The van der Waals surface area contributed by atoms with Crippen LogP contribution in [0, 0.1) is 6.92 Å². The zero-order valence-corrected chi connectivity index (χ0v) is 16.8. The van der Waals surface area contributed by atoms with Crippen LogP contribution >= 0.6 is 24.8 Å². The van der Waals surface area contributed by atoms with E-state index in [0.29, 0.717) is 18.2 Å². The summed E-state index contributed by atoms with van der Waals surface area (Å²) < 4.78 is 0. The monoisotopic (exact) mass is 395 g/mol. The molecule has 0 fully saturated rings. The lowest BCUT2D eigenvalue weighted by atomic mass is 9.96. The second kappa shape index (κ2) is 9.70. The standard InChI is InChI=1S/C20H25N3O.2ClH/c1-14-7-10-17(21)13-18(14)22-20(24)11-12-23-15(2)8-9-16-5-3-4-6-19(16)23;;/h3-7,10,13,15H,8-9,11-12,21H2,1-2H3,(H,22,24);2*1H. The number of hydrogen-bond acceptors (Lipinski definition) is 3. The number of halogens is 2. The fourth-order valence-corrected chi connectivity index (χ4v) is 3.31. The van der Waals surface area contributed by atoms with Gasteiger partial charge in [-0.2, -0.15) is 0 Å². The van der Waals surface area contributed by atoms with E-state index in [0.717, 1.165) is 30.6 Å². The maximum absolute atomic E-state index is 12.4. The molecule has 1 aliphatic rings. The molecule has 26 heavy (non-hydrogen) atoms. The lowest BCUT2D eigenvalue weighted by Gasteiger charge is -2.37. The summed E-state index contributed by atoms with van der Waals surface area (Å²) in [5.41, 5.74) is 10.9. The fraction of sp³-hybridized carbons (Fsp3) is 0.350. The Labute approximate surface area is 168 Å². The van der Waals surface area contributed by atoms with Gasteiger partial charge in [-0.1, -0.05) is 24.3 Å². The highest BCUT2D eigenvalue weighted by molar-refractivity contribution is 5.92. The summed E-state index contributed by atoms with van der Waals surface area (Å²) in [5.74, 6) is 0.0268. The van der Waals surface area contributed by atoms with Crippen LogP contribution in [0.1, 0.15) is 30.9 Å². The molecule has 2 aromatic carbocycles. The number of anilines is 3. The number of nitrogens with two attached hydrogens (primary N) is 1. The number of carbonyl (C=O) groups excluding carboxylic acids is 1. The maximum atomic E-state index is 12.4. The van der Waals surface area contributed by atoms with Crippen LogP contribution in [0.4, 0.5) is 17.1 Å². The van der Waals surface area contributed by atoms with Crippen molar-refractivity contribution in [1.29, 1.82) is 0 Å². The number of amides is 1. The van der Waals surface area contributed by atoms with Crippen molar-refractivity contribution in [3.63, 3.8) is 0 Å². The van der Waals surface area contributed by atoms with Crippen molar-refractivity contribution in [3.8, 4) is 0 Å². The molecular weight excluding hydrogens is 369 g/mol. The van der Waals surface area contributed by atoms with Gasteiger partial charge in [0.05, 0.1) is 0 Å². The van der Waals surface area contributed by atoms with Crippen LogP contribution in [0.2, 0.25) is 0 Å². The third-order valence-electron chi connectivity index (χ3n) is 4.78. The molecule has 0 spiro atoms. The van der Waals surface area contributed by atoms with E-state index in [2.05, 4.69) is 41.4 Å². The number of hydrogen-bond donors (Lipinski definition) is 2. The summed E-state index contributed by atoms with van der Waals surface area (Å²) in [6.07, 6.45) is 2.71. The van der Waals surface area contributed by atoms with Crippen LogP contribution in [0.15, 0.2) is 42.5 Å². The third kappa shape index (κ3) is 5.05. The van der Waals surface area contributed by atoms with Crippen molar-refractivity contribution >= 4 is 47.8 Å². The first-order valence-corrected chi connectivity index (χ1v) is 8.55. The van der Waals surface area contributed by atoms with Gasteiger partial charge in [0.15, 0.2) is 0 Å². The van der Waals surface area contributed by atoms with Crippen LogP contribution in [0.25, 0.3) is 0 Å². The molecular formula is C20H27Cl2N3O. The van der Waals surface area contributed by atoms with Gasteiger partial charge in [0, 0.05) is 36.1 Å². The maximum Gasteiger partial charge on any atom is 0.226 e. The summed E-state index contributed by atoms with van der Waals surface area (Å²) in [5, 5.41) is 2.98. The highest BCUT2D eigenvalue weighted by atomic mass is 35.5. The quantitative estimate of drug-likeness (QED) is 0.744. The average Bonchev–Trinajstić information content (AvgIpc) is 2.57. The smallest absolute Gasteiger partial charge is 0.226 e. The summed E-state index contributed by atoms with van der Waals surface area (Å²) in [6, 6.07) is 14.5. The lowest BCUT2D eigenvalue weighted by Crippen LogP contribution is -2.39. The first-order chi connectivity index (χ1) is 11.5. The van der Waals surface area contributed by atoms with E-state index in [1.807, 2.05) is 25.1 Å². The molecule has 142 valence electrons. The summed E-state index contributed by atoms with van der Waals surface area (Å²) in [7, 11) is 0. The fourth-order valence-electron chi connectivity index (χ4n) is 3.31. The molecule has 0 aromatic heterocycles. The normalized spacial score (nSPS) is 15.3. The molecule has 6 heteroatoms. The Balaban J connectivity index is 0.00000169. The Kier molecular flexibility index (Phi) is 8.25. The molecule has 4 nitrogen and oxygen atoms in total. The molecule has 0 bridgehead atoms. The van der Waals surface area contributed by atoms with Gasteiger partial charge in [0.25, 0.3) is 0 Å². The minimum absolute atomic E-state index is 0. The summed E-state index contributed by atoms with van der Waals surface area (Å²) >= 11 is 0. The van der Waals surface area contributed by atoms with E-state index in [1.54, 1.807) is 0 Å². The molecule has 0 aliphatic carbocycles. The number of para-hydroxylation sites is 1.